The minimum Gasteiger partial charge on any atom is -0.255 e. The maximum atomic E-state index is 11.2. The summed E-state index contributed by atoms with van der Waals surface area (Å²) in [6.45, 7) is 1.91. The Kier molecular flexibility index (Phi) is 1.77. The van der Waals surface area contributed by atoms with Gasteiger partial charge in [-0.05, 0) is 13.0 Å². The van der Waals surface area contributed by atoms with Gasteiger partial charge in [-0.1, -0.05) is 0 Å². The molecule has 1 aromatic heterocycles. The van der Waals surface area contributed by atoms with E-state index in [2.05, 4.69) is 11.1 Å². The second-order valence-electron chi connectivity index (χ2n) is 2.81. The summed E-state index contributed by atoms with van der Waals surface area (Å²) in [7, 11) is 0. The molecule has 0 unspecified atom stereocenters. The third-order valence-electron chi connectivity index (χ3n) is 1.82. The van der Waals surface area contributed by atoms with Crippen molar-refractivity contribution >= 4 is 17.8 Å². The number of hydrogen-bond donors (Lipinski definition) is 0. The molecule has 13 heavy (non-hydrogen) atoms. The lowest BCUT2D eigenvalue weighted by Crippen LogP contribution is -2.09. The molecule has 63 valence electrons. The molecule has 0 aliphatic carbocycles. The monoisotopic (exact) mass is 172 g/mol. The maximum absolute atomic E-state index is 11.2. The van der Waals surface area contributed by atoms with Gasteiger partial charge >= 0.3 is 5.91 Å². The van der Waals surface area contributed by atoms with Crippen LogP contribution in [0.2, 0.25) is 0 Å². The fraction of sp³-hybridized carbons (Fsp3) is 0.100. The first kappa shape index (κ1) is 7.86. The van der Waals surface area contributed by atoms with Crippen molar-refractivity contribution in [3.05, 3.63) is 36.2 Å². The minimum atomic E-state index is -0.0781. The van der Waals surface area contributed by atoms with Gasteiger partial charge in [-0.2, -0.15) is 0 Å². The molecule has 0 aromatic carbocycles. The number of carbonyl (C=O) groups excluding carboxylic acids is 1. The van der Waals surface area contributed by atoms with Crippen LogP contribution in [0.25, 0.3) is 0 Å². The molecule has 1 aliphatic rings. The number of allylic oxidation sites excluding steroid dienone is 1. The Morgan fingerprint density at radius 2 is 2.31 bits per heavy atom. The van der Waals surface area contributed by atoms with Crippen LogP contribution < -0.4 is 0 Å². The number of nitrogens with zero attached hydrogens (tertiary/aromatic N) is 2. The highest BCUT2D eigenvalue weighted by Gasteiger charge is 2.20. The number of pyridine rings is 1. The second kappa shape index (κ2) is 2.94. The van der Waals surface area contributed by atoms with Crippen molar-refractivity contribution in [1.29, 1.82) is 0 Å². The van der Waals surface area contributed by atoms with E-state index in [-0.39, 0.29) is 5.91 Å². The lowest BCUT2D eigenvalue weighted by Gasteiger charge is -1.93. The molecule has 0 atom stereocenters. The lowest BCUT2D eigenvalue weighted by atomic mass is 10.3. The average molecular weight is 172 g/mol. The van der Waals surface area contributed by atoms with Crippen LogP contribution in [-0.2, 0) is 4.79 Å². The zero-order valence-electron chi connectivity index (χ0n) is 7.19. The van der Waals surface area contributed by atoms with Crippen LogP contribution in [0.4, 0.5) is 5.69 Å². The SMILES string of the molecule is Cc1ccc([N+]2=C[C]=CC2=O)cn1. The number of aryl methyl sites for hydroxylation is 1. The molecular formula is C10H8N2O+. The average Bonchev–Trinajstić information content (AvgIpc) is 2.53. The van der Waals surface area contributed by atoms with Gasteiger partial charge in [-0.15, -0.1) is 4.58 Å². The molecular weight excluding hydrogens is 164 g/mol. The molecule has 0 spiro atoms. The zero-order chi connectivity index (χ0) is 9.26. The van der Waals surface area contributed by atoms with Crippen LogP contribution in [0, 0.1) is 13.0 Å². The molecule has 1 aromatic rings. The minimum absolute atomic E-state index is 0.0781. The Hall–Kier alpha value is -1.77. The van der Waals surface area contributed by atoms with Gasteiger partial charge in [0.1, 0.15) is 0 Å². The fourth-order valence-electron chi connectivity index (χ4n) is 1.12. The molecule has 1 amide bonds. The Morgan fingerprint density at radius 3 is 2.85 bits per heavy atom. The molecule has 0 fully saturated rings. The summed E-state index contributed by atoms with van der Waals surface area (Å²) in [6.07, 6.45) is 7.41. The molecule has 2 heterocycles. The Balaban J connectivity index is 2.38. The van der Waals surface area contributed by atoms with Crippen molar-refractivity contribution in [3.8, 4) is 0 Å². The van der Waals surface area contributed by atoms with Gasteiger partial charge in [0.25, 0.3) is 0 Å². The Bertz CT molecular complexity index is 401. The van der Waals surface area contributed by atoms with Gasteiger partial charge in [0.2, 0.25) is 5.69 Å². The predicted molar refractivity (Wildman–Crippen MR) is 47.8 cm³/mol. The highest BCUT2D eigenvalue weighted by molar-refractivity contribution is 5.92. The second-order valence-corrected chi connectivity index (χ2v) is 2.81. The predicted octanol–water partition coefficient (Wildman–Crippen LogP) is 1.00. The first-order chi connectivity index (χ1) is 6.27. The summed E-state index contributed by atoms with van der Waals surface area (Å²) >= 11 is 0. The van der Waals surface area contributed by atoms with Crippen LogP contribution in [0.5, 0.6) is 0 Å². The molecule has 1 aliphatic heterocycles. The third kappa shape index (κ3) is 1.40. The summed E-state index contributed by atoms with van der Waals surface area (Å²) in [6, 6.07) is 3.73. The summed E-state index contributed by atoms with van der Waals surface area (Å²) in [5.41, 5.74) is 1.71. The van der Waals surface area contributed by atoms with E-state index in [1.54, 1.807) is 12.4 Å². The van der Waals surface area contributed by atoms with Crippen molar-refractivity contribution in [2.24, 2.45) is 0 Å². The molecule has 3 heteroatoms. The highest BCUT2D eigenvalue weighted by atomic mass is 16.2. The molecule has 1 radical (unpaired) electrons. The molecule has 0 bridgehead atoms. The number of carbonyl (C=O) groups is 1. The lowest BCUT2D eigenvalue weighted by molar-refractivity contribution is -0.353. The van der Waals surface area contributed by atoms with Gasteiger partial charge in [0.15, 0.2) is 6.21 Å². The summed E-state index contributed by atoms with van der Waals surface area (Å²) in [4.78, 5) is 15.3. The van der Waals surface area contributed by atoms with Crippen LogP contribution in [0.15, 0.2) is 24.4 Å². The van der Waals surface area contributed by atoms with E-state index < -0.39 is 0 Å². The van der Waals surface area contributed by atoms with Crippen molar-refractivity contribution in [3.63, 3.8) is 0 Å². The molecule has 0 saturated heterocycles. The molecule has 3 nitrogen and oxygen atoms in total. The standard InChI is InChI=1S/C10H8N2O/c1-8-4-5-9(7-11-8)12-6-2-3-10(12)13/h3-7H,1H3/q+1. The van der Waals surface area contributed by atoms with Crippen LogP contribution >= 0.6 is 0 Å². The van der Waals surface area contributed by atoms with Gasteiger partial charge in [-0.3, -0.25) is 4.98 Å². The first-order valence-electron chi connectivity index (χ1n) is 3.96. The van der Waals surface area contributed by atoms with Crippen molar-refractivity contribution in [1.82, 2.24) is 4.98 Å². The van der Waals surface area contributed by atoms with E-state index in [1.165, 1.54) is 10.7 Å². The summed E-state index contributed by atoms with van der Waals surface area (Å²) in [5, 5.41) is 0. The normalized spacial score (nSPS) is 14.8. The Morgan fingerprint density at radius 1 is 1.46 bits per heavy atom. The van der Waals surface area contributed by atoms with Crippen LogP contribution in [0.3, 0.4) is 0 Å². The van der Waals surface area contributed by atoms with Gasteiger partial charge < -0.3 is 0 Å². The largest absolute Gasteiger partial charge is 0.418 e. The van der Waals surface area contributed by atoms with E-state index in [0.717, 1.165) is 11.4 Å². The van der Waals surface area contributed by atoms with Crippen molar-refractivity contribution < 1.29 is 9.37 Å². The van der Waals surface area contributed by atoms with Gasteiger partial charge in [0, 0.05) is 11.8 Å². The molecule has 0 saturated carbocycles. The number of hydrogen-bond acceptors (Lipinski definition) is 2. The summed E-state index contributed by atoms with van der Waals surface area (Å²) in [5.74, 6) is -0.0781. The van der Waals surface area contributed by atoms with E-state index in [0.29, 0.717) is 0 Å². The van der Waals surface area contributed by atoms with Crippen molar-refractivity contribution in [2.45, 2.75) is 6.92 Å². The van der Waals surface area contributed by atoms with Gasteiger partial charge in [-0.25, -0.2) is 4.79 Å². The smallest absolute Gasteiger partial charge is 0.255 e. The van der Waals surface area contributed by atoms with Crippen LogP contribution in [0.1, 0.15) is 5.69 Å². The van der Waals surface area contributed by atoms with E-state index in [4.69, 9.17) is 0 Å². The maximum Gasteiger partial charge on any atom is 0.418 e. The van der Waals surface area contributed by atoms with Gasteiger partial charge in [0.05, 0.1) is 18.3 Å². The zero-order valence-corrected chi connectivity index (χ0v) is 7.19. The fourth-order valence-corrected chi connectivity index (χ4v) is 1.12. The number of amides is 1. The van der Waals surface area contributed by atoms with Crippen LogP contribution in [-0.4, -0.2) is 21.7 Å². The number of rotatable bonds is 1. The molecule has 2 rings (SSSR count). The van der Waals surface area contributed by atoms with E-state index >= 15 is 0 Å². The van der Waals surface area contributed by atoms with E-state index in [1.807, 2.05) is 19.1 Å². The summed E-state index contributed by atoms with van der Waals surface area (Å²) < 4.78 is 1.51. The Labute approximate surface area is 76.0 Å². The van der Waals surface area contributed by atoms with Crippen molar-refractivity contribution in [2.75, 3.05) is 0 Å². The molecule has 0 N–H and O–H groups in total. The quantitative estimate of drug-likeness (QED) is 0.592. The highest BCUT2D eigenvalue weighted by Crippen LogP contribution is 2.11. The third-order valence-corrected chi connectivity index (χ3v) is 1.82. The van der Waals surface area contributed by atoms with E-state index in [9.17, 15) is 4.79 Å². The topological polar surface area (TPSA) is 33.0 Å². The number of aromatic nitrogens is 1. The first-order valence-corrected chi connectivity index (χ1v) is 3.96.